The van der Waals surface area contributed by atoms with E-state index in [1.54, 1.807) is 18.4 Å². The van der Waals surface area contributed by atoms with E-state index in [2.05, 4.69) is 24.9 Å². The average molecular weight is 569 g/mol. The van der Waals surface area contributed by atoms with E-state index in [-0.39, 0.29) is 17.9 Å². The summed E-state index contributed by atoms with van der Waals surface area (Å²) < 4.78 is 39.4. The summed E-state index contributed by atoms with van der Waals surface area (Å²) in [6.07, 6.45) is 3.10. The predicted octanol–water partition coefficient (Wildman–Crippen LogP) is 2.65. The van der Waals surface area contributed by atoms with Crippen LogP contribution in [-0.4, -0.2) is 93.0 Å². The molecule has 0 spiro atoms. The topological polar surface area (TPSA) is 124 Å². The highest BCUT2D eigenvalue weighted by Crippen LogP contribution is 2.28. The van der Waals surface area contributed by atoms with Crippen molar-refractivity contribution in [1.29, 1.82) is 0 Å². The molecule has 0 radical (unpaired) electrons. The van der Waals surface area contributed by atoms with Crippen molar-refractivity contribution in [3.8, 4) is 17.2 Å². The minimum atomic E-state index is -0.743. The van der Waals surface area contributed by atoms with Gasteiger partial charge >= 0.3 is 0 Å². The van der Waals surface area contributed by atoms with Crippen LogP contribution in [0.2, 0.25) is 0 Å². The summed E-state index contributed by atoms with van der Waals surface area (Å²) in [4.78, 5) is 15.5. The molecule has 1 aromatic carbocycles. The molecule has 6 rings (SSSR count). The van der Waals surface area contributed by atoms with Gasteiger partial charge in [0.05, 0.1) is 12.0 Å². The Bertz CT molecular complexity index is 1440. The number of hydrogen-bond acceptors (Lipinski definition) is 10. The molecule has 40 heavy (non-hydrogen) atoms. The van der Waals surface area contributed by atoms with Crippen molar-refractivity contribution < 1.29 is 18.1 Å². The summed E-state index contributed by atoms with van der Waals surface area (Å²) in [6, 6.07) is 10.6. The van der Waals surface area contributed by atoms with Crippen LogP contribution in [0.4, 0.5) is 22.0 Å². The number of rotatable bonds is 8. The number of ether oxygens (including phenoxy) is 1. The van der Waals surface area contributed by atoms with Gasteiger partial charge in [-0.2, -0.15) is 19.6 Å². The van der Waals surface area contributed by atoms with Crippen LogP contribution in [0.3, 0.4) is 0 Å². The summed E-state index contributed by atoms with van der Waals surface area (Å²) in [6.45, 7) is 4.64. The Morgan fingerprint density at radius 3 is 2.67 bits per heavy atom. The standard InChI is InChI=1S/C27H33FN8O3S/c1-33(27-30-25-18-22(24-3-2-14-38-24)32-36(25)26(29)31-27)8-9-34-10-12-35(13-11-34)23-5-4-20(17-21(23)28)39-19-6-15-40(37)16-7-19/h2-5,14,17-19H,6-13,15-16H2,1H3,(H2,29,30,31)/t19-,40+. The molecule has 2 saturated heterocycles. The zero-order valence-electron chi connectivity index (χ0n) is 22.4. The number of nitrogen functional groups attached to an aromatic ring is 1. The fourth-order valence-corrected chi connectivity index (χ4v) is 6.37. The third-order valence-electron chi connectivity index (χ3n) is 7.47. The molecule has 2 N–H and O–H groups in total. The minimum Gasteiger partial charge on any atom is -0.616 e. The maximum Gasteiger partial charge on any atom is 0.230 e. The molecular weight excluding hydrogens is 535 g/mol. The van der Waals surface area contributed by atoms with Gasteiger partial charge in [-0.3, -0.25) is 4.90 Å². The van der Waals surface area contributed by atoms with Crippen LogP contribution in [0.5, 0.6) is 5.75 Å². The molecule has 0 atom stereocenters. The van der Waals surface area contributed by atoms with E-state index in [0.717, 1.165) is 45.6 Å². The fraction of sp³-hybridized carbons (Fsp3) is 0.444. The number of nitrogens with zero attached hydrogens (tertiary/aromatic N) is 7. The molecule has 3 aromatic heterocycles. The molecule has 0 unspecified atom stereocenters. The molecule has 212 valence electrons. The molecule has 2 aliphatic heterocycles. The molecule has 2 fully saturated rings. The lowest BCUT2D eigenvalue weighted by atomic mass is 10.2. The molecule has 0 aliphatic carbocycles. The number of fused-ring (bicyclic) bond motifs is 1. The zero-order chi connectivity index (χ0) is 27.6. The lowest BCUT2D eigenvalue weighted by Gasteiger charge is -2.37. The van der Waals surface area contributed by atoms with Crippen molar-refractivity contribution in [3.05, 3.63) is 48.5 Å². The zero-order valence-corrected chi connectivity index (χ0v) is 23.2. The molecule has 0 bridgehead atoms. The first kappa shape index (κ1) is 26.7. The highest BCUT2D eigenvalue weighted by molar-refractivity contribution is 7.91. The van der Waals surface area contributed by atoms with Crippen molar-refractivity contribution in [2.24, 2.45) is 0 Å². The fourth-order valence-electron chi connectivity index (χ4n) is 5.12. The van der Waals surface area contributed by atoms with Crippen LogP contribution in [-0.2, 0) is 11.2 Å². The van der Waals surface area contributed by atoms with Gasteiger partial charge in [-0.05, 0) is 24.3 Å². The quantitative estimate of drug-likeness (QED) is 0.317. The summed E-state index contributed by atoms with van der Waals surface area (Å²) in [5, 5.41) is 4.44. The Labute approximate surface area is 234 Å². The third kappa shape index (κ3) is 5.81. The van der Waals surface area contributed by atoms with E-state index in [0.29, 0.717) is 52.5 Å². The number of furan rings is 1. The van der Waals surface area contributed by atoms with Crippen LogP contribution in [0.15, 0.2) is 47.1 Å². The van der Waals surface area contributed by atoms with E-state index in [9.17, 15) is 8.94 Å². The maximum atomic E-state index is 15.0. The van der Waals surface area contributed by atoms with E-state index >= 15 is 0 Å². The van der Waals surface area contributed by atoms with Crippen LogP contribution < -0.4 is 20.3 Å². The number of hydrogen-bond donors (Lipinski definition) is 1. The smallest absolute Gasteiger partial charge is 0.230 e. The first-order chi connectivity index (χ1) is 19.4. The van der Waals surface area contributed by atoms with Crippen LogP contribution >= 0.6 is 0 Å². The van der Waals surface area contributed by atoms with Crippen molar-refractivity contribution in [2.45, 2.75) is 18.9 Å². The first-order valence-electron chi connectivity index (χ1n) is 13.5. The molecule has 4 aromatic rings. The van der Waals surface area contributed by atoms with Gasteiger partial charge in [-0.25, -0.2) is 4.39 Å². The van der Waals surface area contributed by atoms with Gasteiger partial charge in [-0.1, -0.05) is 11.2 Å². The highest BCUT2D eigenvalue weighted by atomic mass is 32.2. The molecule has 2 aliphatic rings. The van der Waals surface area contributed by atoms with E-state index in [4.69, 9.17) is 14.9 Å². The van der Waals surface area contributed by atoms with Crippen LogP contribution in [0.1, 0.15) is 12.8 Å². The van der Waals surface area contributed by atoms with E-state index in [1.807, 2.05) is 30.1 Å². The third-order valence-corrected chi connectivity index (χ3v) is 8.86. The molecule has 13 heteroatoms. The summed E-state index contributed by atoms with van der Waals surface area (Å²) in [5.74, 6) is 2.99. The Hall–Kier alpha value is -3.55. The highest BCUT2D eigenvalue weighted by Gasteiger charge is 2.25. The van der Waals surface area contributed by atoms with Gasteiger partial charge in [0, 0.05) is 71.3 Å². The maximum absolute atomic E-state index is 15.0. The number of aromatic nitrogens is 4. The number of piperazine rings is 1. The van der Waals surface area contributed by atoms with Crippen molar-refractivity contribution in [1.82, 2.24) is 24.5 Å². The Kier molecular flexibility index (Phi) is 7.67. The van der Waals surface area contributed by atoms with Crippen LogP contribution in [0.25, 0.3) is 17.1 Å². The van der Waals surface area contributed by atoms with Gasteiger partial charge in [0.25, 0.3) is 0 Å². The second-order valence-corrected chi connectivity index (χ2v) is 11.9. The SMILES string of the molecule is CN(CCN1CCN(c2ccc(O[C@H]3CC[S@@+]([O-])CC3)cc2F)CC1)c1nc(N)n2nc(-c3ccco3)cc2n1. The summed E-state index contributed by atoms with van der Waals surface area (Å²) in [7, 11) is 1.94. The van der Waals surface area contributed by atoms with Crippen molar-refractivity contribution >= 4 is 34.4 Å². The Balaban J connectivity index is 1.01. The molecular formula is C27H33FN8O3S. The second-order valence-electron chi connectivity index (χ2n) is 10.2. The largest absolute Gasteiger partial charge is 0.616 e. The minimum absolute atomic E-state index is 0.00712. The van der Waals surface area contributed by atoms with E-state index in [1.165, 1.54) is 10.6 Å². The van der Waals surface area contributed by atoms with Gasteiger partial charge in [0.2, 0.25) is 11.9 Å². The lowest BCUT2D eigenvalue weighted by Crippen LogP contribution is -2.48. The normalized spacial score (nSPS) is 20.2. The second kappa shape index (κ2) is 11.5. The molecule has 0 amide bonds. The average Bonchev–Trinajstić information content (AvgIpc) is 3.64. The van der Waals surface area contributed by atoms with Crippen molar-refractivity contribution in [2.75, 3.05) is 73.4 Å². The molecule has 11 nitrogen and oxygen atoms in total. The Morgan fingerprint density at radius 2 is 1.95 bits per heavy atom. The molecule has 0 saturated carbocycles. The van der Waals surface area contributed by atoms with Gasteiger partial charge < -0.3 is 29.2 Å². The van der Waals surface area contributed by atoms with Gasteiger partial charge in [0.1, 0.15) is 34.9 Å². The number of anilines is 3. The lowest BCUT2D eigenvalue weighted by molar-refractivity contribution is 0.189. The van der Waals surface area contributed by atoms with Crippen LogP contribution in [0, 0.1) is 5.82 Å². The summed E-state index contributed by atoms with van der Waals surface area (Å²) in [5.41, 5.74) is 8.01. The molecule has 5 heterocycles. The van der Waals surface area contributed by atoms with Gasteiger partial charge in [-0.15, -0.1) is 0 Å². The number of benzene rings is 1. The van der Waals surface area contributed by atoms with Gasteiger partial charge in [0.15, 0.2) is 11.4 Å². The number of halogens is 1. The number of nitrogens with two attached hydrogens (primary N) is 1. The van der Waals surface area contributed by atoms with E-state index < -0.39 is 11.2 Å². The first-order valence-corrected chi connectivity index (χ1v) is 15.0. The Morgan fingerprint density at radius 1 is 1.15 bits per heavy atom. The number of likely N-dealkylation sites (N-methyl/N-ethyl adjacent to an activating group) is 1. The van der Waals surface area contributed by atoms with Crippen molar-refractivity contribution in [3.63, 3.8) is 0 Å². The summed E-state index contributed by atoms with van der Waals surface area (Å²) >= 11 is -0.743. The predicted molar refractivity (Wildman–Crippen MR) is 153 cm³/mol. The monoisotopic (exact) mass is 568 g/mol.